The summed E-state index contributed by atoms with van der Waals surface area (Å²) >= 11 is 0. The standard InChI is InChI=1S/C10H19NO3S/c1-8-6-11-10(14-7-8)9-2-4-15(12,13)5-3-9/h8-11H,2-7H2,1H3. The first-order valence-electron chi connectivity index (χ1n) is 5.62. The van der Waals surface area contributed by atoms with E-state index in [1.807, 2.05) is 0 Å². The van der Waals surface area contributed by atoms with E-state index in [0.29, 0.717) is 23.3 Å². The van der Waals surface area contributed by atoms with E-state index in [1.165, 1.54) is 0 Å². The van der Waals surface area contributed by atoms with Crippen LogP contribution in [0.15, 0.2) is 0 Å². The summed E-state index contributed by atoms with van der Waals surface area (Å²) in [4.78, 5) is 0. The summed E-state index contributed by atoms with van der Waals surface area (Å²) < 4.78 is 28.2. The summed E-state index contributed by atoms with van der Waals surface area (Å²) in [6, 6.07) is 0. The molecule has 0 saturated carbocycles. The highest BCUT2D eigenvalue weighted by Gasteiger charge is 2.31. The molecule has 2 heterocycles. The van der Waals surface area contributed by atoms with E-state index in [2.05, 4.69) is 12.2 Å². The van der Waals surface area contributed by atoms with Gasteiger partial charge in [0.25, 0.3) is 0 Å². The van der Waals surface area contributed by atoms with Crippen LogP contribution >= 0.6 is 0 Å². The molecule has 5 heteroatoms. The van der Waals surface area contributed by atoms with Crippen LogP contribution in [0.3, 0.4) is 0 Å². The molecule has 1 N–H and O–H groups in total. The molecule has 0 amide bonds. The second-order valence-corrected chi connectivity index (χ2v) is 7.06. The fourth-order valence-corrected chi connectivity index (χ4v) is 3.74. The molecule has 2 unspecified atom stereocenters. The molecule has 2 aliphatic rings. The number of hydrogen-bond donors (Lipinski definition) is 1. The fraction of sp³-hybridized carbons (Fsp3) is 1.00. The van der Waals surface area contributed by atoms with Crippen molar-refractivity contribution in [3.63, 3.8) is 0 Å². The van der Waals surface area contributed by atoms with Crippen molar-refractivity contribution in [2.75, 3.05) is 24.7 Å². The van der Waals surface area contributed by atoms with Crippen molar-refractivity contribution in [2.24, 2.45) is 11.8 Å². The molecule has 0 radical (unpaired) electrons. The van der Waals surface area contributed by atoms with Crippen LogP contribution in [0.1, 0.15) is 19.8 Å². The Labute approximate surface area is 91.3 Å². The third-order valence-electron chi connectivity index (χ3n) is 3.26. The third-order valence-corrected chi connectivity index (χ3v) is 4.97. The van der Waals surface area contributed by atoms with Gasteiger partial charge in [0, 0.05) is 12.5 Å². The van der Waals surface area contributed by atoms with E-state index in [9.17, 15) is 8.42 Å². The van der Waals surface area contributed by atoms with E-state index >= 15 is 0 Å². The maximum absolute atomic E-state index is 11.3. The number of hydrogen-bond acceptors (Lipinski definition) is 4. The molecule has 2 fully saturated rings. The molecule has 15 heavy (non-hydrogen) atoms. The maximum Gasteiger partial charge on any atom is 0.150 e. The lowest BCUT2D eigenvalue weighted by Gasteiger charge is -2.35. The molecule has 0 spiro atoms. The minimum absolute atomic E-state index is 0.0803. The molecule has 2 rings (SSSR count). The van der Waals surface area contributed by atoms with Crippen LogP contribution in [0, 0.1) is 11.8 Å². The molecule has 0 aromatic heterocycles. The highest BCUT2D eigenvalue weighted by atomic mass is 32.2. The van der Waals surface area contributed by atoms with Crippen molar-refractivity contribution in [3.8, 4) is 0 Å². The summed E-state index contributed by atoms with van der Waals surface area (Å²) in [5.74, 6) is 1.60. The van der Waals surface area contributed by atoms with Gasteiger partial charge in [-0.05, 0) is 18.8 Å². The lowest BCUT2D eigenvalue weighted by atomic mass is 9.99. The van der Waals surface area contributed by atoms with Crippen molar-refractivity contribution in [3.05, 3.63) is 0 Å². The van der Waals surface area contributed by atoms with E-state index in [1.54, 1.807) is 0 Å². The Morgan fingerprint density at radius 1 is 1.27 bits per heavy atom. The van der Waals surface area contributed by atoms with Crippen molar-refractivity contribution < 1.29 is 13.2 Å². The number of rotatable bonds is 1. The van der Waals surface area contributed by atoms with E-state index in [4.69, 9.17) is 4.74 Å². The summed E-state index contributed by atoms with van der Waals surface area (Å²) in [6.45, 7) is 3.92. The van der Waals surface area contributed by atoms with Crippen molar-refractivity contribution in [2.45, 2.75) is 26.0 Å². The number of sulfone groups is 1. The van der Waals surface area contributed by atoms with Gasteiger partial charge in [-0.3, -0.25) is 5.32 Å². The SMILES string of the molecule is CC1CNC(C2CCS(=O)(=O)CC2)OC1. The first-order chi connectivity index (χ1) is 7.07. The van der Waals surface area contributed by atoms with Crippen LogP contribution < -0.4 is 5.32 Å². The molecule has 0 aromatic rings. The molecular weight excluding hydrogens is 214 g/mol. The van der Waals surface area contributed by atoms with Crippen LogP contribution in [0.25, 0.3) is 0 Å². The Kier molecular flexibility index (Phi) is 3.33. The monoisotopic (exact) mass is 233 g/mol. The molecular formula is C10H19NO3S. The lowest BCUT2D eigenvalue weighted by Crippen LogP contribution is -2.48. The molecule has 0 bridgehead atoms. The Morgan fingerprint density at radius 3 is 2.47 bits per heavy atom. The molecule has 2 atom stereocenters. The summed E-state index contributed by atoms with van der Waals surface area (Å²) in [6.07, 6.45) is 1.57. The van der Waals surface area contributed by atoms with Gasteiger partial charge >= 0.3 is 0 Å². The normalized spacial score (nSPS) is 37.7. The first-order valence-corrected chi connectivity index (χ1v) is 7.44. The van der Waals surface area contributed by atoms with Gasteiger partial charge in [-0.2, -0.15) is 0 Å². The van der Waals surface area contributed by atoms with E-state index in [-0.39, 0.29) is 6.23 Å². The first kappa shape index (κ1) is 11.4. The van der Waals surface area contributed by atoms with Crippen molar-refractivity contribution in [1.82, 2.24) is 5.32 Å². The smallest absolute Gasteiger partial charge is 0.150 e. The van der Waals surface area contributed by atoms with Crippen LogP contribution in [-0.2, 0) is 14.6 Å². The average Bonchev–Trinajstić information content (AvgIpc) is 2.20. The third kappa shape index (κ3) is 2.92. The van der Waals surface area contributed by atoms with Crippen LogP contribution in [0.2, 0.25) is 0 Å². The number of ether oxygens (including phenoxy) is 1. The molecule has 2 aliphatic heterocycles. The zero-order chi connectivity index (χ0) is 10.9. The zero-order valence-corrected chi connectivity index (χ0v) is 9.92. The minimum atomic E-state index is -2.75. The Hall–Kier alpha value is -0.130. The maximum atomic E-state index is 11.3. The largest absolute Gasteiger partial charge is 0.363 e. The van der Waals surface area contributed by atoms with Gasteiger partial charge in [-0.25, -0.2) is 8.42 Å². The van der Waals surface area contributed by atoms with Gasteiger partial charge in [-0.15, -0.1) is 0 Å². The number of nitrogens with one attached hydrogen (secondary N) is 1. The summed E-state index contributed by atoms with van der Waals surface area (Å²) in [5.41, 5.74) is 0. The van der Waals surface area contributed by atoms with Crippen LogP contribution in [0.5, 0.6) is 0 Å². The van der Waals surface area contributed by atoms with Gasteiger partial charge in [-0.1, -0.05) is 6.92 Å². The Balaban J connectivity index is 1.86. The van der Waals surface area contributed by atoms with Gasteiger partial charge in [0.15, 0.2) is 0 Å². The van der Waals surface area contributed by atoms with Gasteiger partial charge in [0.2, 0.25) is 0 Å². The predicted molar refractivity (Wildman–Crippen MR) is 58.3 cm³/mol. The van der Waals surface area contributed by atoms with Crippen LogP contribution in [0.4, 0.5) is 0 Å². The molecule has 88 valence electrons. The quantitative estimate of drug-likeness (QED) is 0.712. The van der Waals surface area contributed by atoms with E-state index < -0.39 is 9.84 Å². The highest BCUT2D eigenvalue weighted by molar-refractivity contribution is 7.91. The Morgan fingerprint density at radius 2 is 1.93 bits per heavy atom. The van der Waals surface area contributed by atoms with Crippen molar-refractivity contribution >= 4 is 9.84 Å². The minimum Gasteiger partial charge on any atom is -0.363 e. The summed E-state index contributed by atoms with van der Waals surface area (Å²) in [5, 5.41) is 3.35. The second-order valence-electron chi connectivity index (χ2n) is 4.76. The van der Waals surface area contributed by atoms with Crippen LogP contribution in [-0.4, -0.2) is 39.3 Å². The predicted octanol–water partition coefficient (Wildman–Crippen LogP) is 0.393. The molecule has 0 aromatic carbocycles. The van der Waals surface area contributed by atoms with Gasteiger partial charge < -0.3 is 4.74 Å². The zero-order valence-electron chi connectivity index (χ0n) is 9.11. The average molecular weight is 233 g/mol. The van der Waals surface area contributed by atoms with E-state index in [0.717, 1.165) is 26.0 Å². The molecule has 0 aliphatic carbocycles. The van der Waals surface area contributed by atoms with Crippen molar-refractivity contribution in [1.29, 1.82) is 0 Å². The fourth-order valence-electron chi connectivity index (χ4n) is 2.22. The topological polar surface area (TPSA) is 55.4 Å². The van der Waals surface area contributed by atoms with Gasteiger partial charge in [0.1, 0.15) is 16.1 Å². The Bertz CT molecular complexity index is 293. The molecule has 2 saturated heterocycles. The summed E-state index contributed by atoms with van der Waals surface area (Å²) in [7, 11) is -2.75. The molecule has 4 nitrogen and oxygen atoms in total. The second kappa shape index (κ2) is 4.39. The van der Waals surface area contributed by atoms with Gasteiger partial charge in [0.05, 0.1) is 18.1 Å². The highest BCUT2D eigenvalue weighted by Crippen LogP contribution is 2.24. The lowest BCUT2D eigenvalue weighted by molar-refractivity contribution is -0.0584.